The molecule has 2 aromatic heterocycles. The molecule has 84 valence electrons. The number of aromatic nitrogens is 6. The Morgan fingerprint density at radius 3 is 2.81 bits per heavy atom. The maximum Gasteiger partial charge on any atom is 0.169 e. The number of rotatable bonds is 3. The van der Waals surface area contributed by atoms with Crippen LogP contribution in [0.5, 0.6) is 0 Å². The zero-order valence-electron chi connectivity index (χ0n) is 9.04. The van der Waals surface area contributed by atoms with E-state index in [0.717, 1.165) is 11.4 Å². The van der Waals surface area contributed by atoms with Gasteiger partial charge in [0.05, 0.1) is 12.2 Å². The first kappa shape index (κ1) is 9.32. The molecule has 0 bridgehead atoms. The molecule has 1 saturated carbocycles. The van der Waals surface area contributed by atoms with Gasteiger partial charge >= 0.3 is 0 Å². The number of hydrogen-bond donors (Lipinski definition) is 1. The quantitative estimate of drug-likeness (QED) is 0.779. The second kappa shape index (κ2) is 3.29. The van der Waals surface area contributed by atoms with Crippen molar-refractivity contribution >= 4 is 5.82 Å². The van der Waals surface area contributed by atoms with E-state index in [4.69, 9.17) is 5.73 Å². The summed E-state index contributed by atoms with van der Waals surface area (Å²) in [6.07, 6.45) is 4.23. The topological polar surface area (TPSA) is 87.4 Å². The highest BCUT2D eigenvalue weighted by Crippen LogP contribution is 2.41. The minimum atomic E-state index is 0.534. The Balaban J connectivity index is 1.89. The third kappa shape index (κ3) is 1.54. The molecule has 0 aliphatic heterocycles. The van der Waals surface area contributed by atoms with Crippen molar-refractivity contribution in [3.63, 3.8) is 0 Å². The Labute approximate surface area is 92.2 Å². The molecule has 0 unspecified atom stereocenters. The number of aryl methyl sites for hydroxylation is 1. The third-order valence-electron chi connectivity index (χ3n) is 2.73. The number of nitrogens with zero attached hydrogens (tertiary/aromatic N) is 6. The first-order chi connectivity index (χ1) is 7.74. The predicted octanol–water partition coefficient (Wildman–Crippen LogP) is -0.0855. The van der Waals surface area contributed by atoms with Gasteiger partial charge in [-0.1, -0.05) is 10.4 Å². The molecule has 2 heterocycles. The van der Waals surface area contributed by atoms with Crippen LogP contribution in [0.4, 0.5) is 5.82 Å². The highest BCUT2D eigenvalue weighted by Gasteiger charge is 2.30. The van der Waals surface area contributed by atoms with E-state index < -0.39 is 0 Å². The Morgan fingerprint density at radius 2 is 2.19 bits per heavy atom. The maximum absolute atomic E-state index is 5.81. The van der Waals surface area contributed by atoms with E-state index in [9.17, 15) is 0 Å². The van der Waals surface area contributed by atoms with Gasteiger partial charge in [-0.25, -0.2) is 4.68 Å². The lowest BCUT2D eigenvalue weighted by atomic mass is 10.3. The van der Waals surface area contributed by atoms with Crippen LogP contribution in [0.3, 0.4) is 0 Å². The second-order valence-corrected chi connectivity index (χ2v) is 4.18. The largest absolute Gasteiger partial charge is 0.381 e. The number of nitrogen functional groups attached to an aromatic ring is 1. The summed E-state index contributed by atoms with van der Waals surface area (Å²) in [6, 6.07) is 0. The lowest BCUT2D eigenvalue weighted by molar-refractivity contribution is 0.608. The highest BCUT2D eigenvalue weighted by molar-refractivity contribution is 5.38. The van der Waals surface area contributed by atoms with Gasteiger partial charge in [-0.3, -0.25) is 4.68 Å². The van der Waals surface area contributed by atoms with Gasteiger partial charge in [0.15, 0.2) is 5.82 Å². The Bertz CT molecular complexity index is 508. The molecular weight excluding hydrogens is 206 g/mol. The van der Waals surface area contributed by atoms with Crippen molar-refractivity contribution in [2.45, 2.75) is 25.3 Å². The van der Waals surface area contributed by atoms with Gasteiger partial charge in [0, 0.05) is 19.2 Å². The summed E-state index contributed by atoms with van der Waals surface area (Å²) >= 11 is 0. The predicted molar refractivity (Wildman–Crippen MR) is 56.5 cm³/mol. The Kier molecular flexibility index (Phi) is 1.92. The summed E-state index contributed by atoms with van der Waals surface area (Å²) in [5.41, 5.74) is 7.72. The summed E-state index contributed by atoms with van der Waals surface area (Å²) in [5.74, 6) is 1.08. The molecule has 0 aromatic carbocycles. The number of nitrogens with two attached hydrogens (primary N) is 1. The van der Waals surface area contributed by atoms with Crippen LogP contribution in [-0.4, -0.2) is 30.0 Å². The van der Waals surface area contributed by atoms with Crippen molar-refractivity contribution < 1.29 is 0 Å². The van der Waals surface area contributed by atoms with Crippen LogP contribution in [0.25, 0.3) is 0 Å². The molecule has 7 nitrogen and oxygen atoms in total. The third-order valence-corrected chi connectivity index (χ3v) is 2.73. The van der Waals surface area contributed by atoms with Gasteiger partial charge in [0.25, 0.3) is 0 Å². The van der Waals surface area contributed by atoms with Gasteiger partial charge in [-0.2, -0.15) is 0 Å². The molecule has 0 radical (unpaired) electrons. The summed E-state index contributed by atoms with van der Waals surface area (Å²) in [5, 5.41) is 15.9. The fourth-order valence-corrected chi connectivity index (χ4v) is 1.85. The molecule has 1 fully saturated rings. The van der Waals surface area contributed by atoms with E-state index in [2.05, 4.69) is 20.6 Å². The average molecular weight is 219 g/mol. The minimum Gasteiger partial charge on any atom is -0.381 e. The minimum absolute atomic E-state index is 0.534. The molecule has 1 aliphatic carbocycles. The number of hydrogen-bond acceptors (Lipinski definition) is 5. The van der Waals surface area contributed by atoms with Crippen molar-refractivity contribution in [3.8, 4) is 0 Å². The van der Waals surface area contributed by atoms with E-state index >= 15 is 0 Å². The standard InChI is InChI=1S/C9H13N7/c1-15-4-7(11-13-15)5-16-8(6-2-3-6)9(10)12-14-16/h4,6H,2-3,5,10H2,1H3. The lowest BCUT2D eigenvalue weighted by Gasteiger charge is -2.02. The van der Waals surface area contributed by atoms with Gasteiger partial charge < -0.3 is 5.73 Å². The first-order valence-electron chi connectivity index (χ1n) is 5.28. The first-order valence-corrected chi connectivity index (χ1v) is 5.28. The van der Waals surface area contributed by atoms with Crippen molar-refractivity contribution in [1.82, 2.24) is 30.0 Å². The highest BCUT2D eigenvalue weighted by atomic mass is 15.5. The lowest BCUT2D eigenvalue weighted by Crippen LogP contribution is -2.07. The molecule has 0 saturated heterocycles. The van der Waals surface area contributed by atoms with Gasteiger partial charge in [-0.15, -0.1) is 10.2 Å². The van der Waals surface area contributed by atoms with Crippen LogP contribution in [0.2, 0.25) is 0 Å². The zero-order chi connectivity index (χ0) is 11.1. The molecule has 2 aromatic rings. The normalized spacial score (nSPS) is 15.6. The van der Waals surface area contributed by atoms with E-state index in [-0.39, 0.29) is 0 Å². The van der Waals surface area contributed by atoms with Crippen LogP contribution >= 0.6 is 0 Å². The molecular formula is C9H13N7. The summed E-state index contributed by atoms with van der Waals surface area (Å²) in [6.45, 7) is 0.587. The van der Waals surface area contributed by atoms with E-state index in [1.807, 2.05) is 17.9 Å². The average Bonchev–Trinajstić information content (AvgIpc) is 2.91. The fourth-order valence-electron chi connectivity index (χ4n) is 1.85. The van der Waals surface area contributed by atoms with Crippen molar-refractivity contribution in [1.29, 1.82) is 0 Å². The second-order valence-electron chi connectivity index (χ2n) is 4.18. The molecule has 2 N–H and O–H groups in total. The van der Waals surface area contributed by atoms with Gasteiger partial charge in [0.2, 0.25) is 0 Å². The van der Waals surface area contributed by atoms with Crippen molar-refractivity contribution in [2.24, 2.45) is 7.05 Å². The molecule has 0 atom stereocenters. The SMILES string of the molecule is Cn1cc(Cn2nnc(N)c2C2CC2)nn1. The van der Waals surface area contributed by atoms with E-state index in [1.165, 1.54) is 12.8 Å². The monoisotopic (exact) mass is 219 g/mol. The van der Waals surface area contributed by atoms with Gasteiger partial charge in [-0.05, 0) is 12.8 Å². The van der Waals surface area contributed by atoms with Crippen LogP contribution in [0.15, 0.2) is 6.20 Å². The molecule has 1 aliphatic rings. The van der Waals surface area contributed by atoms with E-state index in [0.29, 0.717) is 18.3 Å². The summed E-state index contributed by atoms with van der Waals surface area (Å²) < 4.78 is 3.50. The Morgan fingerprint density at radius 1 is 1.38 bits per heavy atom. The zero-order valence-corrected chi connectivity index (χ0v) is 9.04. The molecule has 0 amide bonds. The van der Waals surface area contributed by atoms with Gasteiger partial charge in [0.1, 0.15) is 5.69 Å². The van der Waals surface area contributed by atoms with Crippen LogP contribution in [0, 0.1) is 0 Å². The molecule has 3 rings (SSSR count). The summed E-state index contributed by atoms with van der Waals surface area (Å²) in [4.78, 5) is 0. The number of anilines is 1. The van der Waals surface area contributed by atoms with Crippen LogP contribution in [0.1, 0.15) is 30.1 Å². The van der Waals surface area contributed by atoms with Crippen molar-refractivity contribution in [2.75, 3.05) is 5.73 Å². The molecule has 7 heteroatoms. The summed E-state index contributed by atoms with van der Waals surface area (Å²) in [7, 11) is 1.84. The van der Waals surface area contributed by atoms with Crippen LogP contribution in [-0.2, 0) is 13.6 Å². The van der Waals surface area contributed by atoms with E-state index in [1.54, 1.807) is 4.68 Å². The van der Waals surface area contributed by atoms with Crippen molar-refractivity contribution in [3.05, 3.63) is 17.6 Å². The maximum atomic E-state index is 5.81. The smallest absolute Gasteiger partial charge is 0.169 e. The molecule has 0 spiro atoms. The molecule has 16 heavy (non-hydrogen) atoms. The van der Waals surface area contributed by atoms with Crippen LogP contribution < -0.4 is 5.73 Å². The fraction of sp³-hybridized carbons (Fsp3) is 0.556. The Hall–Kier alpha value is -1.92.